The lowest BCUT2D eigenvalue weighted by Gasteiger charge is -2.37. The highest BCUT2D eigenvalue weighted by atomic mass is 16.3. The number of hydrogen-bond acceptors (Lipinski definition) is 3. The van der Waals surface area contributed by atoms with Gasteiger partial charge in [0.05, 0.1) is 5.60 Å². The van der Waals surface area contributed by atoms with Crippen LogP contribution in [0.5, 0.6) is 0 Å². The molecule has 1 atom stereocenters. The van der Waals surface area contributed by atoms with Gasteiger partial charge in [-0.25, -0.2) is 0 Å². The Hall–Kier alpha value is -1.10. The van der Waals surface area contributed by atoms with Crippen molar-refractivity contribution in [1.82, 2.24) is 10.2 Å². The van der Waals surface area contributed by atoms with Crippen LogP contribution in [0.1, 0.15) is 72.6 Å². The molecule has 5 heteroatoms. The van der Waals surface area contributed by atoms with E-state index in [4.69, 9.17) is 0 Å². The zero-order chi connectivity index (χ0) is 18.7. The van der Waals surface area contributed by atoms with Crippen molar-refractivity contribution in [2.75, 3.05) is 19.6 Å². The van der Waals surface area contributed by atoms with Gasteiger partial charge in [-0.15, -0.1) is 0 Å². The Morgan fingerprint density at radius 3 is 2.08 bits per heavy atom. The molecule has 1 heterocycles. The van der Waals surface area contributed by atoms with Crippen molar-refractivity contribution in [2.45, 2.75) is 78.2 Å². The van der Waals surface area contributed by atoms with Gasteiger partial charge in [0.1, 0.15) is 0 Å². The summed E-state index contributed by atoms with van der Waals surface area (Å²) >= 11 is 0. The van der Waals surface area contributed by atoms with Gasteiger partial charge in [-0.05, 0) is 38.5 Å². The Balaban J connectivity index is 1.78. The third kappa shape index (κ3) is 5.44. The molecule has 1 saturated carbocycles. The van der Waals surface area contributed by atoms with Crippen molar-refractivity contribution in [1.29, 1.82) is 0 Å². The van der Waals surface area contributed by atoms with Crippen molar-refractivity contribution in [2.24, 2.45) is 17.3 Å². The molecule has 0 spiro atoms. The molecule has 0 aromatic heterocycles. The molecule has 1 aliphatic carbocycles. The summed E-state index contributed by atoms with van der Waals surface area (Å²) in [5.41, 5.74) is -1.19. The van der Waals surface area contributed by atoms with Gasteiger partial charge in [-0.2, -0.15) is 0 Å². The van der Waals surface area contributed by atoms with E-state index in [9.17, 15) is 14.7 Å². The Bertz CT molecular complexity index is 468. The normalized spacial score (nSPS) is 23.2. The molecule has 144 valence electrons. The first-order valence-electron chi connectivity index (χ1n) is 9.91. The Kier molecular flexibility index (Phi) is 6.52. The van der Waals surface area contributed by atoms with Gasteiger partial charge < -0.3 is 15.3 Å². The predicted molar refractivity (Wildman–Crippen MR) is 99.0 cm³/mol. The van der Waals surface area contributed by atoms with Gasteiger partial charge in [0.25, 0.3) is 0 Å². The number of carbonyl (C=O) groups is 2. The molecule has 2 fully saturated rings. The van der Waals surface area contributed by atoms with E-state index >= 15 is 0 Å². The second kappa shape index (κ2) is 8.07. The lowest BCUT2D eigenvalue weighted by molar-refractivity contribution is -0.142. The van der Waals surface area contributed by atoms with Crippen LogP contribution in [0, 0.1) is 17.3 Å². The number of carbonyl (C=O) groups excluding carboxylic acids is 2. The molecule has 2 aliphatic rings. The number of likely N-dealkylation sites (tertiary alicyclic amines) is 1. The molecule has 0 radical (unpaired) electrons. The third-order valence-corrected chi connectivity index (χ3v) is 5.90. The van der Waals surface area contributed by atoms with Crippen LogP contribution in [-0.4, -0.2) is 47.1 Å². The van der Waals surface area contributed by atoms with E-state index in [0.717, 1.165) is 12.8 Å². The zero-order valence-electron chi connectivity index (χ0n) is 16.4. The SMILES string of the molecule is CC(C)(C)C(=O)N1CCC(C(=O)NCC(C)(O)C2CCCCC2)CC1. The van der Waals surface area contributed by atoms with Gasteiger partial charge >= 0.3 is 0 Å². The van der Waals surface area contributed by atoms with Crippen LogP contribution in [0.4, 0.5) is 0 Å². The molecule has 0 aromatic rings. The fourth-order valence-corrected chi connectivity index (χ4v) is 4.10. The first kappa shape index (κ1) is 20.2. The summed E-state index contributed by atoms with van der Waals surface area (Å²) in [5.74, 6) is 0.421. The standard InChI is InChI=1S/C20H36N2O3/c1-19(2,3)18(24)22-12-10-15(11-13-22)17(23)21-14-20(4,25)16-8-6-5-7-9-16/h15-16,25H,5-14H2,1-4H3,(H,21,23). The number of hydrogen-bond donors (Lipinski definition) is 2. The topological polar surface area (TPSA) is 69.6 Å². The fourth-order valence-electron chi connectivity index (χ4n) is 4.10. The molecular weight excluding hydrogens is 316 g/mol. The summed E-state index contributed by atoms with van der Waals surface area (Å²) in [7, 11) is 0. The molecular formula is C20H36N2O3. The van der Waals surface area contributed by atoms with E-state index in [1.54, 1.807) is 0 Å². The molecule has 2 N–H and O–H groups in total. The molecule has 2 rings (SSSR count). The smallest absolute Gasteiger partial charge is 0.227 e. The van der Waals surface area contributed by atoms with Gasteiger partial charge in [0, 0.05) is 31.0 Å². The van der Waals surface area contributed by atoms with Crippen LogP contribution in [0.15, 0.2) is 0 Å². The molecule has 25 heavy (non-hydrogen) atoms. The number of aliphatic hydroxyl groups is 1. The maximum atomic E-state index is 12.5. The van der Waals surface area contributed by atoms with E-state index in [2.05, 4.69) is 5.32 Å². The monoisotopic (exact) mass is 352 g/mol. The van der Waals surface area contributed by atoms with E-state index in [0.29, 0.717) is 32.5 Å². The van der Waals surface area contributed by atoms with Crippen LogP contribution in [0.2, 0.25) is 0 Å². The molecule has 2 amide bonds. The van der Waals surface area contributed by atoms with Crippen molar-refractivity contribution in [3.63, 3.8) is 0 Å². The van der Waals surface area contributed by atoms with Crippen molar-refractivity contribution >= 4 is 11.8 Å². The molecule has 5 nitrogen and oxygen atoms in total. The summed E-state index contributed by atoms with van der Waals surface area (Å²) < 4.78 is 0. The average Bonchev–Trinajstić information content (AvgIpc) is 2.59. The van der Waals surface area contributed by atoms with Gasteiger partial charge in [-0.1, -0.05) is 40.0 Å². The number of nitrogens with zero attached hydrogens (tertiary/aromatic N) is 1. The molecule has 1 aliphatic heterocycles. The number of nitrogens with one attached hydrogen (secondary N) is 1. The van der Waals surface area contributed by atoms with Gasteiger partial charge in [0.15, 0.2) is 0 Å². The molecule has 1 unspecified atom stereocenters. The number of rotatable bonds is 4. The maximum Gasteiger partial charge on any atom is 0.227 e. The fraction of sp³-hybridized carbons (Fsp3) is 0.900. The largest absolute Gasteiger partial charge is 0.388 e. The highest BCUT2D eigenvalue weighted by molar-refractivity contribution is 5.82. The van der Waals surface area contributed by atoms with Crippen LogP contribution >= 0.6 is 0 Å². The quantitative estimate of drug-likeness (QED) is 0.817. The second-order valence-electron chi connectivity index (χ2n) is 9.23. The van der Waals surface area contributed by atoms with E-state index in [1.807, 2.05) is 32.6 Å². The zero-order valence-corrected chi connectivity index (χ0v) is 16.4. The van der Waals surface area contributed by atoms with Crippen LogP contribution in [0.25, 0.3) is 0 Å². The maximum absolute atomic E-state index is 12.5. The average molecular weight is 353 g/mol. The Labute approximate surface area is 152 Å². The van der Waals surface area contributed by atoms with E-state index < -0.39 is 5.60 Å². The minimum atomic E-state index is -0.820. The lowest BCUT2D eigenvalue weighted by atomic mass is 9.78. The first-order chi connectivity index (χ1) is 11.6. The predicted octanol–water partition coefficient (Wildman–Crippen LogP) is 2.72. The Morgan fingerprint density at radius 2 is 1.56 bits per heavy atom. The minimum Gasteiger partial charge on any atom is -0.388 e. The second-order valence-corrected chi connectivity index (χ2v) is 9.23. The van der Waals surface area contributed by atoms with Gasteiger partial charge in [-0.3, -0.25) is 9.59 Å². The minimum absolute atomic E-state index is 0.0268. The van der Waals surface area contributed by atoms with E-state index in [1.165, 1.54) is 19.3 Å². The van der Waals surface area contributed by atoms with Crippen LogP contribution < -0.4 is 5.32 Å². The highest BCUT2D eigenvalue weighted by Crippen LogP contribution is 2.32. The van der Waals surface area contributed by atoms with Crippen molar-refractivity contribution in [3.05, 3.63) is 0 Å². The summed E-state index contributed by atoms with van der Waals surface area (Å²) in [6.45, 7) is 9.27. The lowest BCUT2D eigenvalue weighted by Crippen LogP contribution is -2.50. The summed E-state index contributed by atoms with van der Waals surface area (Å²) in [6, 6.07) is 0. The number of piperidine rings is 1. The van der Waals surface area contributed by atoms with Crippen LogP contribution in [-0.2, 0) is 9.59 Å². The van der Waals surface area contributed by atoms with Crippen LogP contribution in [0.3, 0.4) is 0 Å². The van der Waals surface area contributed by atoms with Gasteiger partial charge in [0.2, 0.25) is 11.8 Å². The molecule has 1 saturated heterocycles. The summed E-state index contributed by atoms with van der Waals surface area (Å²) in [4.78, 5) is 26.7. The summed E-state index contributed by atoms with van der Waals surface area (Å²) in [6.07, 6.45) is 7.12. The Morgan fingerprint density at radius 1 is 1.00 bits per heavy atom. The summed E-state index contributed by atoms with van der Waals surface area (Å²) in [5, 5.41) is 13.7. The van der Waals surface area contributed by atoms with Crippen molar-refractivity contribution < 1.29 is 14.7 Å². The van der Waals surface area contributed by atoms with E-state index in [-0.39, 0.29) is 29.1 Å². The first-order valence-corrected chi connectivity index (χ1v) is 9.91. The van der Waals surface area contributed by atoms with Crippen molar-refractivity contribution in [3.8, 4) is 0 Å². The molecule has 0 bridgehead atoms. The molecule has 0 aromatic carbocycles. The number of amides is 2. The third-order valence-electron chi connectivity index (χ3n) is 5.90. The highest BCUT2D eigenvalue weighted by Gasteiger charge is 2.35.